The van der Waals surface area contributed by atoms with Gasteiger partial charge >= 0.3 is 0 Å². The molecule has 0 amide bonds. The van der Waals surface area contributed by atoms with Crippen molar-refractivity contribution in [2.24, 2.45) is 0 Å². The first kappa shape index (κ1) is 26.8. The molecule has 0 radical (unpaired) electrons. The Morgan fingerprint density at radius 2 is 1.63 bits per heavy atom. The van der Waals surface area contributed by atoms with Gasteiger partial charge in [0.1, 0.15) is 5.75 Å². The summed E-state index contributed by atoms with van der Waals surface area (Å²) in [6.45, 7) is 0. The molecule has 1 aliphatic rings. The van der Waals surface area contributed by atoms with Gasteiger partial charge in [-0.05, 0) is 66.2 Å². The Hall–Kier alpha value is -4.43. The third-order valence-corrected chi connectivity index (χ3v) is 7.97. The molecule has 1 saturated carbocycles. The largest absolute Gasteiger partial charge is 0.453 e. The van der Waals surface area contributed by atoms with Crippen molar-refractivity contribution >= 4 is 23.6 Å². The van der Waals surface area contributed by atoms with E-state index in [1.54, 1.807) is 36.8 Å². The molecule has 0 bridgehead atoms. The van der Waals surface area contributed by atoms with Gasteiger partial charge in [-0.2, -0.15) is 0 Å². The molecule has 6 nitrogen and oxygen atoms in total. The molecule has 5 aromatic rings. The second kappa shape index (κ2) is 12.8. The summed E-state index contributed by atoms with van der Waals surface area (Å²) in [7, 11) is 0. The lowest BCUT2D eigenvalue weighted by atomic mass is 9.96. The fraction of sp³-hybridized carbons (Fsp3) is 0.182. The molecule has 41 heavy (non-hydrogen) atoms. The highest BCUT2D eigenvalue weighted by Gasteiger charge is 2.16. The number of hydrogen-bond donors (Lipinski definition) is 2. The predicted octanol–water partition coefficient (Wildman–Crippen LogP) is 9.00. The Labute approximate surface area is 243 Å². The number of anilines is 2. The SMILES string of the molecule is Fc1cc(NSc2ccccc2-c2ccccc2)ccc1Oc1ccncc1-c1ccnc(NC2CCCCC2)n1. The van der Waals surface area contributed by atoms with Crippen LogP contribution in [0.4, 0.5) is 16.0 Å². The first-order valence-electron chi connectivity index (χ1n) is 13.8. The maximum absolute atomic E-state index is 15.2. The van der Waals surface area contributed by atoms with Crippen molar-refractivity contribution in [1.82, 2.24) is 15.0 Å². The summed E-state index contributed by atoms with van der Waals surface area (Å²) >= 11 is 1.44. The van der Waals surface area contributed by atoms with E-state index < -0.39 is 5.82 Å². The minimum atomic E-state index is -0.475. The number of pyridine rings is 1. The Balaban J connectivity index is 1.16. The van der Waals surface area contributed by atoms with Crippen LogP contribution in [-0.4, -0.2) is 21.0 Å². The molecule has 0 saturated heterocycles. The summed E-state index contributed by atoms with van der Waals surface area (Å²) in [5.74, 6) is 0.689. The molecule has 2 N–H and O–H groups in total. The van der Waals surface area contributed by atoms with E-state index in [2.05, 4.69) is 38.2 Å². The standard InChI is InChI=1S/C33H30FN5OS/c34-28-21-25(39-41-32-14-8-7-13-26(32)23-9-3-1-4-10-23)15-16-31(28)40-30-18-19-35-22-27(30)29-17-20-36-33(38-29)37-24-11-5-2-6-12-24/h1,3-4,7-10,13-22,24,39H,2,5-6,11-12H2,(H,36,37,38). The number of rotatable bonds is 9. The molecule has 3 aromatic carbocycles. The number of ether oxygens (including phenoxy) is 1. The van der Waals surface area contributed by atoms with Crippen LogP contribution >= 0.6 is 11.9 Å². The van der Waals surface area contributed by atoms with E-state index in [0.29, 0.717) is 34.7 Å². The monoisotopic (exact) mass is 563 g/mol. The van der Waals surface area contributed by atoms with E-state index in [0.717, 1.165) is 28.9 Å². The normalized spacial score (nSPS) is 13.5. The van der Waals surface area contributed by atoms with E-state index in [1.807, 2.05) is 42.5 Å². The summed E-state index contributed by atoms with van der Waals surface area (Å²) in [6.07, 6.45) is 11.0. The minimum absolute atomic E-state index is 0.118. The van der Waals surface area contributed by atoms with E-state index in [9.17, 15) is 0 Å². The predicted molar refractivity (Wildman–Crippen MR) is 164 cm³/mol. The van der Waals surface area contributed by atoms with Crippen molar-refractivity contribution in [3.63, 3.8) is 0 Å². The van der Waals surface area contributed by atoms with Crippen LogP contribution in [0.3, 0.4) is 0 Å². The highest BCUT2D eigenvalue weighted by Crippen LogP contribution is 2.36. The van der Waals surface area contributed by atoms with Gasteiger partial charge in [0.2, 0.25) is 5.95 Å². The molecule has 6 rings (SSSR count). The van der Waals surface area contributed by atoms with Crippen LogP contribution < -0.4 is 14.8 Å². The zero-order valence-corrected chi connectivity index (χ0v) is 23.3. The van der Waals surface area contributed by atoms with E-state index in [1.165, 1.54) is 37.3 Å². The lowest BCUT2D eigenvalue weighted by molar-refractivity contribution is 0.443. The highest BCUT2D eigenvalue weighted by atomic mass is 32.2. The van der Waals surface area contributed by atoms with Crippen molar-refractivity contribution in [3.8, 4) is 33.9 Å². The average molecular weight is 564 g/mol. The van der Waals surface area contributed by atoms with Crippen molar-refractivity contribution in [2.45, 2.75) is 43.0 Å². The Morgan fingerprint density at radius 1 is 0.805 bits per heavy atom. The van der Waals surface area contributed by atoms with E-state index >= 15 is 4.39 Å². The van der Waals surface area contributed by atoms with Crippen molar-refractivity contribution in [2.75, 3.05) is 10.0 Å². The number of nitrogens with one attached hydrogen (secondary N) is 2. The van der Waals surface area contributed by atoms with Crippen LogP contribution in [0.5, 0.6) is 11.5 Å². The molecule has 0 spiro atoms. The topological polar surface area (TPSA) is 72.0 Å². The molecule has 8 heteroatoms. The first-order valence-corrected chi connectivity index (χ1v) is 14.6. The van der Waals surface area contributed by atoms with Crippen LogP contribution in [0, 0.1) is 5.82 Å². The van der Waals surface area contributed by atoms with Crippen molar-refractivity contribution < 1.29 is 9.13 Å². The summed E-state index contributed by atoms with van der Waals surface area (Å²) in [4.78, 5) is 14.4. The van der Waals surface area contributed by atoms with Gasteiger partial charge in [0.05, 0.1) is 11.3 Å². The van der Waals surface area contributed by atoms with Gasteiger partial charge in [0.25, 0.3) is 0 Å². The zero-order valence-electron chi connectivity index (χ0n) is 22.5. The smallest absolute Gasteiger partial charge is 0.223 e. The molecule has 0 atom stereocenters. The van der Waals surface area contributed by atoms with Crippen LogP contribution in [0.2, 0.25) is 0 Å². The molecule has 2 aromatic heterocycles. The molecular formula is C33H30FN5OS. The molecule has 2 heterocycles. The average Bonchev–Trinajstić information content (AvgIpc) is 3.03. The van der Waals surface area contributed by atoms with Gasteiger partial charge in [-0.15, -0.1) is 0 Å². The summed E-state index contributed by atoms with van der Waals surface area (Å²) in [5.41, 5.74) is 4.19. The zero-order chi connectivity index (χ0) is 27.9. The number of aromatic nitrogens is 3. The van der Waals surface area contributed by atoms with Gasteiger partial charge in [-0.1, -0.05) is 67.8 Å². The summed E-state index contributed by atoms with van der Waals surface area (Å²) in [6, 6.07) is 27.1. The second-order valence-corrected chi connectivity index (χ2v) is 10.8. The van der Waals surface area contributed by atoms with Crippen LogP contribution in [0.25, 0.3) is 22.4 Å². The van der Waals surface area contributed by atoms with Crippen LogP contribution in [0.1, 0.15) is 32.1 Å². The molecule has 1 aliphatic carbocycles. The Morgan fingerprint density at radius 3 is 2.49 bits per heavy atom. The number of benzene rings is 3. The van der Waals surface area contributed by atoms with Crippen molar-refractivity contribution in [1.29, 1.82) is 0 Å². The third kappa shape index (κ3) is 6.66. The third-order valence-electron chi connectivity index (χ3n) is 7.05. The number of halogens is 1. The number of nitrogens with zero attached hydrogens (tertiary/aromatic N) is 3. The van der Waals surface area contributed by atoms with Gasteiger partial charge in [0.15, 0.2) is 11.6 Å². The van der Waals surface area contributed by atoms with Gasteiger partial charge < -0.3 is 14.8 Å². The fourth-order valence-corrected chi connectivity index (χ4v) is 5.76. The van der Waals surface area contributed by atoms with E-state index in [-0.39, 0.29) is 5.75 Å². The quantitative estimate of drug-likeness (QED) is 0.173. The first-order chi connectivity index (χ1) is 20.2. The van der Waals surface area contributed by atoms with Gasteiger partial charge in [-0.25, -0.2) is 14.4 Å². The molecule has 1 fully saturated rings. The summed E-state index contributed by atoms with van der Waals surface area (Å²) < 4.78 is 24.6. The van der Waals surface area contributed by atoms with Crippen LogP contribution in [0.15, 0.2) is 108 Å². The molecule has 0 aliphatic heterocycles. The highest BCUT2D eigenvalue weighted by molar-refractivity contribution is 8.00. The molecular weight excluding hydrogens is 533 g/mol. The van der Waals surface area contributed by atoms with Gasteiger partial charge in [0, 0.05) is 41.3 Å². The number of hydrogen-bond acceptors (Lipinski definition) is 7. The maximum atomic E-state index is 15.2. The summed E-state index contributed by atoms with van der Waals surface area (Å²) in [5, 5.41) is 3.46. The lowest BCUT2D eigenvalue weighted by Crippen LogP contribution is -2.23. The lowest BCUT2D eigenvalue weighted by Gasteiger charge is -2.22. The van der Waals surface area contributed by atoms with Gasteiger partial charge in [-0.3, -0.25) is 4.98 Å². The van der Waals surface area contributed by atoms with Crippen LogP contribution in [-0.2, 0) is 0 Å². The Bertz CT molecular complexity index is 1610. The van der Waals surface area contributed by atoms with E-state index in [4.69, 9.17) is 9.72 Å². The molecule has 206 valence electrons. The molecule has 0 unspecified atom stereocenters. The maximum Gasteiger partial charge on any atom is 0.223 e. The second-order valence-electron chi connectivity index (χ2n) is 9.93. The van der Waals surface area contributed by atoms with Crippen molar-refractivity contribution in [3.05, 3.63) is 109 Å². The fourth-order valence-electron chi connectivity index (χ4n) is 4.96. The minimum Gasteiger partial charge on any atom is -0.453 e. The Kier molecular flexibility index (Phi) is 8.38.